The molecule has 0 aromatic heterocycles. The van der Waals surface area contributed by atoms with Crippen LogP contribution in [-0.4, -0.2) is 23.0 Å². The zero-order chi connectivity index (χ0) is 11.5. The third-order valence-electron chi connectivity index (χ3n) is 3.68. The number of rotatable bonds is 2. The average Bonchev–Trinajstić information content (AvgIpc) is 2.64. The van der Waals surface area contributed by atoms with E-state index in [0.29, 0.717) is 6.04 Å². The van der Waals surface area contributed by atoms with Crippen molar-refractivity contribution in [3.63, 3.8) is 0 Å². The number of hydrogen-bond donors (Lipinski definition) is 1. The summed E-state index contributed by atoms with van der Waals surface area (Å²) in [4.78, 5) is 4.60. The number of nitrogens with zero attached hydrogens (tertiary/aromatic N) is 1. The van der Waals surface area contributed by atoms with E-state index in [1.807, 2.05) is 11.8 Å². The van der Waals surface area contributed by atoms with Gasteiger partial charge in [-0.25, -0.2) is 0 Å². The molecule has 2 rings (SSSR count). The number of nitrogens with one attached hydrogen (secondary N) is 1. The van der Waals surface area contributed by atoms with Gasteiger partial charge >= 0.3 is 0 Å². The minimum absolute atomic E-state index is 0.667. The number of aliphatic imine (C=N–C) groups is 1. The van der Waals surface area contributed by atoms with Crippen molar-refractivity contribution in [2.75, 3.05) is 6.54 Å². The van der Waals surface area contributed by atoms with E-state index in [4.69, 9.17) is 0 Å². The zero-order valence-corrected chi connectivity index (χ0v) is 11.5. The summed E-state index contributed by atoms with van der Waals surface area (Å²) >= 11 is 1.95. The molecule has 1 aliphatic heterocycles. The molecular weight excluding hydrogens is 216 g/mol. The van der Waals surface area contributed by atoms with Crippen LogP contribution in [0.4, 0.5) is 0 Å². The lowest BCUT2D eigenvalue weighted by molar-refractivity contribution is 0.257. The maximum absolute atomic E-state index is 4.60. The standard InChI is InChI=1S/C13H24N2S/c1-4-12-8-14-13(16-12)15-11-6-9(2)5-10(3)7-11/h9-12H,4-8H2,1-3H3,(H,14,15). The Balaban J connectivity index is 1.81. The van der Waals surface area contributed by atoms with Gasteiger partial charge in [0.05, 0.1) is 6.54 Å². The molecule has 2 nitrogen and oxygen atoms in total. The van der Waals surface area contributed by atoms with Crippen LogP contribution in [0.15, 0.2) is 4.99 Å². The summed E-state index contributed by atoms with van der Waals surface area (Å²) in [6.45, 7) is 8.02. The van der Waals surface area contributed by atoms with E-state index in [1.54, 1.807) is 0 Å². The third kappa shape index (κ3) is 3.16. The van der Waals surface area contributed by atoms with E-state index in [0.717, 1.165) is 23.6 Å². The Hall–Kier alpha value is -0.180. The Morgan fingerprint density at radius 1 is 1.25 bits per heavy atom. The summed E-state index contributed by atoms with van der Waals surface area (Å²) in [6.07, 6.45) is 5.27. The zero-order valence-electron chi connectivity index (χ0n) is 10.7. The summed E-state index contributed by atoms with van der Waals surface area (Å²) < 4.78 is 0. The minimum atomic E-state index is 0.667. The fourth-order valence-corrected chi connectivity index (χ4v) is 3.96. The molecule has 1 saturated carbocycles. The number of thioether (sulfide) groups is 1. The molecule has 0 bridgehead atoms. The van der Waals surface area contributed by atoms with Crippen molar-refractivity contribution >= 4 is 16.9 Å². The molecule has 3 heteroatoms. The van der Waals surface area contributed by atoms with Gasteiger partial charge in [-0.05, 0) is 37.5 Å². The fourth-order valence-electron chi connectivity index (χ4n) is 2.95. The molecule has 3 unspecified atom stereocenters. The van der Waals surface area contributed by atoms with Gasteiger partial charge in [0.25, 0.3) is 0 Å². The molecular formula is C13H24N2S. The summed E-state index contributed by atoms with van der Waals surface area (Å²) in [5.74, 6) is 1.74. The third-order valence-corrected chi connectivity index (χ3v) is 4.96. The molecule has 16 heavy (non-hydrogen) atoms. The number of hydrogen-bond acceptors (Lipinski definition) is 3. The maximum Gasteiger partial charge on any atom is 0.157 e. The normalized spacial score (nSPS) is 39.6. The first kappa shape index (κ1) is 12.3. The highest BCUT2D eigenvalue weighted by Gasteiger charge is 2.26. The summed E-state index contributed by atoms with van der Waals surface area (Å²) in [6, 6.07) is 0.667. The van der Waals surface area contributed by atoms with Gasteiger partial charge in [-0.2, -0.15) is 0 Å². The Labute approximate surface area is 104 Å². The van der Waals surface area contributed by atoms with E-state index in [9.17, 15) is 0 Å². The maximum atomic E-state index is 4.60. The van der Waals surface area contributed by atoms with Gasteiger partial charge in [-0.15, -0.1) is 0 Å². The first-order chi connectivity index (χ1) is 7.67. The second-order valence-electron chi connectivity index (χ2n) is 5.55. The smallest absolute Gasteiger partial charge is 0.157 e. The molecule has 1 N–H and O–H groups in total. The Kier molecular flexibility index (Phi) is 4.17. The van der Waals surface area contributed by atoms with Gasteiger partial charge in [0, 0.05) is 11.3 Å². The fraction of sp³-hybridized carbons (Fsp3) is 0.923. The van der Waals surface area contributed by atoms with Crippen LogP contribution >= 0.6 is 11.8 Å². The van der Waals surface area contributed by atoms with Crippen molar-refractivity contribution < 1.29 is 0 Å². The van der Waals surface area contributed by atoms with Crippen molar-refractivity contribution in [2.45, 2.75) is 57.7 Å². The molecule has 0 amide bonds. The van der Waals surface area contributed by atoms with Gasteiger partial charge < -0.3 is 5.32 Å². The Morgan fingerprint density at radius 3 is 2.50 bits per heavy atom. The Bertz CT molecular complexity index is 255. The highest BCUT2D eigenvalue weighted by molar-refractivity contribution is 8.14. The lowest BCUT2D eigenvalue weighted by Gasteiger charge is -2.32. The van der Waals surface area contributed by atoms with Crippen LogP contribution in [0.2, 0.25) is 0 Å². The van der Waals surface area contributed by atoms with E-state index in [2.05, 4.69) is 31.1 Å². The van der Waals surface area contributed by atoms with Gasteiger partial charge in [0.2, 0.25) is 0 Å². The van der Waals surface area contributed by atoms with Crippen LogP contribution in [0.5, 0.6) is 0 Å². The molecule has 1 fully saturated rings. The minimum Gasteiger partial charge on any atom is -0.362 e. The lowest BCUT2D eigenvalue weighted by Crippen LogP contribution is -2.38. The largest absolute Gasteiger partial charge is 0.362 e. The summed E-state index contributed by atoms with van der Waals surface area (Å²) in [7, 11) is 0. The van der Waals surface area contributed by atoms with Crippen LogP contribution in [0.3, 0.4) is 0 Å². The van der Waals surface area contributed by atoms with Crippen molar-refractivity contribution in [3.05, 3.63) is 0 Å². The average molecular weight is 240 g/mol. The molecule has 0 aromatic rings. The molecule has 0 radical (unpaired) electrons. The van der Waals surface area contributed by atoms with Gasteiger partial charge in [-0.1, -0.05) is 32.5 Å². The van der Waals surface area contributed by atoms with Crippen molar-refractivity contribution in [1.29, 1.82) is 0 Å². The van der Waals surface area contributed by atoms with E-state index in [1.165, 1.54) is 30.9 Å². The highest BCUT2D eigenvalue weighted by Crippen LogP contribution is 2.30. The predicted octanol–water partition coefficient (Wildman–Crippen LogP) is 3.28. The molecule has 1 heterocycles. The van der Waals surface area contributed by atoms with Crippen LogP contribution in [0.25, 0.3) is 0 Å². The molecule has 1 aliphatic carbocycles. The molecule has 2 aliphatic rings. The molecule has 0 saturated heterocycles. The van der Waals surface area contributed by atoms with Crippen molar-refractivity contribution in [2.24, 2.45) is 16.8 Å². The van der Waals surface area contributed by atoms with Crippen LogP contribution in [0, 0.1) is 11.8 Å². The van der Waals surface area contributed by atoms with Crippen LogP contribution in [-0.2, 0) is 0 Å². The first-order valence-electron chi connectivity index (χ1n) is 6.65. The second kappa shape index (κ2) is 5.44. The van der Waals surface area contributed by atoms with Gasteiger partial charge in [0.1, 0.15) is 0 Å². The highest BCUT2D eigenvalue weighted by atomic mass is 32.2. The topological polar surface area (TPSA) is 24.4 Å². The van der Waals surface area contributed by atoms with Crippen LogP contribution < -0.4 is 5.32 Å². The molecule has 0 aromatic carbocycles. The SMILES string of the molecule is CCC1CN=C(NC2CC(C)CC(C)C2)S1. The monoisotopic (exact) mass is 240 g/mol. The van der Waals surface area contributed by atoms with Crippen molar-refractivity contribution in [3.8, 4) is 0 Å². The molecule has 3 atom stereocenters. The lowest BCUT2D eigenvalue weighted by atomic mass is 9.80. The molecule has 92 valence electrons. The quantitative estimate of drug-likeness (QED) is 0.801. The number of amidine groups is 1. The summed E-state index contributed by atoms with van der Waals surface area (Å²) in [5.41, 5.74) is 0. The van der Waals surface area contributed by atoms with Crippen molar-refractivity contribution in [1.82, 2.24) is 5.32 Å². The Morgan fingerprint density at radius 2 is 1.94 bits per heavy atom. The van der Waals surface area contributed by atoms with Crippen LogP contribution in [0.1, 0.15) is 46.5 Å². The predicted molar refractivity (Wildman–Crippen MR) is 73.1 cm³/mol. The van der Waals surface area contributed by atoms with Gasteiger partial charge in [-0.3, -0.25) is 4.99 Å². The van der Waals surface area contributed by atoms with E-state index < -0.39 is 0 Å². The van der Waals surface area contributed by atoms with E-state index in [-0.39, 0.29) is 0 Å². The second-order valence-corrected chi connectivity index (χ2v) is 6.84. The molecule has 0 spiro atoms. The van der Waals surface area contributed by atoms with Gasteiger partial charge in [0.15, 0.2) is 5.17 Å². The first-order valence-corrected chi connectivity index (χ1v) is 7.53. The van der Waals surface area contributed by atoms with E-state index >= 15 is 0 Å². The summed E-state index contributed by atoms with van der Waals surface area (Å²) in [5, 5.41) is 5.59.